The number of rotatable bonds is 3. The molecule has 94 valence electrons. The van der Waals surface area contributed by atoms with E-state index in [1.54, 1.807) is 0 Å². The quantitative estimate of drug-likeness (QED) is 0.888. The number of nitrogens with zero attached hydrogens (tertiary/aromatic N) is 2. The van der Waals surface area contributed by atoms with Gasteiger partial charge in [0.2, 0.25) is 0 Å². The van der Waals surface area contributed by atoms with Gasteiger partial charge in [-0.1, -0.05) is 11.6 Å². The summed E-state index contributed by atoms with van der Waals surface area (Å²) in [5.74, 6) is 2.22. The van der Waals surface area contributed by atoms with E-state index < -0.39 is 0 Å². The van der Waals surface area contributed by atoms with Gasteiger partial charge in [-0.15, -0.1) is 11.3 Å². The van der Waals surface area contributed by atoms with Crippen LogP contribution in [-0.4, -0.2) is 17.0 Å². The molecule has 18 heavy (non-hydrogen) atoms. The average molecular weight is 345 g/mol. The van der Waals surface area contributed by atoms with Crippen molar-refractivity contribution < 1.29 is 0 Å². The van der Waals surface area contributed by atoms with Crippen LogP contribution in [0, 0.1) is 0 Å². The van der Waals surface area contributed by atoms with Crippen molar-refractivity contribution in [1.29, 1.82) is 0 Å². The number of thiophene rings is 1. The molecule has 2 aromatic heterocycles. The van der Waals surface area contributed by atoms with E-state index in [-0.39, 0.29) is 0 Å². The van der Waals surface area contributed by atoms with Crippen LogP contribution in [0.25, 0.3) is 10.7 Å². The Morgan fingerprint density at radius 1 is 1.39 bits per heavy atom. The molecule has 0 atom stereocenters. The Kier molecular flexibility index (Phi) is 3.30. The molecule has 0 aliphatic heterocycles. The summed E-state index contributed by atoms with van der Waals surface area (Å²) >= 11 is 11.0. The predicted molar refractivity (Wildman–Crippen MR) is 79.6 cm³/mol. The van der Waals surface area contributed by atoms with Gasteiger partial charge in [0, 0.05) is 29.2 Å². The van der Waals surface area contributed by atoms with Crippen molar-refractivity contribution in [3.8, 4) is 10.7 Å². The SMILES string of the molecule is CNc1cc(C2CC2)nc(-c2cc(Br)c(Cl)s2)n1. The lowest BCUT2D eigenvalue weighted by Gasteiger charge is -2.05. The van der Waals surface area contributed by atoms with Gasteiger partial charge in [-0.2, -0.15) is 0 Å². The highest BCUT2D eigenvalue weighted by Gasteiger charge is 2.26. The maximum absolute atomic E-state index is 6.07. The van der Waals surface area contributed by atoms with Gasteiger partial charge in [0.25, 0.3) is 0 Å². The molecule has 1 saturated carbocycles. The van der Waals surface area contributed by atoms with Crippen LogP contribution in [0.4, 0.5) is 5.82 Å². The smallest absolute Gasteiger partial charge is 0.171 e. The third-order valence-electron chi connectivity index (χ3n) is 2.86. The van der Waals surface area contributed by atoms with Crippen LogP contribution in [0.1, 0.15) is 24.5 Å². The van der Waals surface area contributed by atoms with E-state index in [4.69, 9.17) is 11.6 Å². The van der Waals surface area contributed by atoms with E-state index in [9.17, 15) is 0 Å². The number of aromatic nitrogens is 2. The molecule has 1 fully saturated rings. The Morgan fingerprint density at radius 3 is 2.72 bits per heavy atom. The maximum atomic E-state index is 6.07. The highest BCUT2D eigenvalue weighted by molar-refractivity contribution is 9.10. The molecule has 6 heteroatoms. The number of hydrogen-bond acceptors (Lipinski definition) is 4. The summed E-state index contributed by atoms with van der Waals surface area (Å²) in [5, 5.41) is 3.09. The molecule has 2 heterocycles. The molecule has 0 spiro atoms. The molecule has 0 bridgehead atoms. The largest absolute Gasteiger partial charge is 0.373 e. The molecule has 1 N–H and O–H groups in total. The molecule has 0 radical (unpaired) electrons. The van der Waals surface area contributed by atoms with Crippen molar-refractivity contribution >= 4 is 44.7 Å². The van der Waals surface area contributed by atoms with E-state index in [0.717, 1.165) is 31.0 Å². The minimum atomic E-state index is 0.609. The molecule has 0 saturated heterocycles. The van der Waals surface area contributed by atoms with Crippen molar-refractivity contribution in [3.63, 3.8) is 0 Å². The second-order valence-corrected chi connectivity index (χ2v) is 6.77. The topological polar surface area (TPSA) is 37.8 Å². The van der Waals surface area contributed by atoms with Gasteiger partial charge in [-0.05, 0) is 34.8 Å². The highest BCUT2D eigenvalue weighted by atomic mass is 79.9. The first-order chi connectivity index (χ1) is 8.67. The highest BCUT2D eigenvalue weighted by Crippen LogP contribution is 2.41. The van der Waals surface area contributed by atoms with Gasteiger partial charge >= 0.3 is 0 Å². The summed E-state index contributed by atoms with van der Waals surface area (Å²) in [4.78, 5) is 10.1. The zero-order chi connectivity index (χ0) is 12.7. The fourth-order valence-corrected chi connectivity index (χ4v) is 3.39. The third-order valence-corrected chi connectivity index (χ3v) is 5.33. The minimum Gasteiger partial charge on any atom is -0.373 e. The second-order valence-electron chi connectivity index (χ2n) is 4.26. The lowest BCUT2D eigenvalue weighted by Crippen LogP contribution is -1.99. The molecule has 3 nitrogen and oxygen atoms in total. The predicted octanol–water partition coefficient (Wildman–Crippen LogP) is 4.54. The molecule has 0 unspecified atom stereocenters. The van der Waals surface area contributed by atoms with Gasteiger partial charge in [0.05, 0.1) is 4.88 Å². The van der Waals surface area contributed by atoms with E-state index >= 15 is 0 Å². The van der Waals surface area contributed by atoms with Crippen LogP contribution in [0.5, 0.6) is 0 Å². The minimum absolute atomic E-state index is 0.609. The Hall–Kier alpha value is -0.650. The Labute approximate surface area is 123 Å². The van der Waals surface area contributed by atoms with Crippen LogP contribution < -0.4 is 5.32 Å². The fraction of sp³-hybridized carbons (Fsp3) is 0.333. The fourth-order valence-electron chi connectivity index (χ4n) is 1.75. The van der Waals surface area contributed by atoms with Crippen LogP contribution >= 0.6 is 38.9 Å². The standard InChI is InChI=1S/C12H11BrClN3S/c1-15-10-5-8(6-2-3-6)16-12(17-10)9-4-7(13)11(14)18-9/h4-6H,2-3H2,1H3,(H,15,16,17). The van der Waals surface area contributed by atoms with Gasteiger partial charge in [0.15, 0.2) is 5.82 Å². The normalized spacial score (nSPS) is 14.8. The third kappa shape index (κ3) is 2.39. The molecule has 1 aliphatic rings. The first-order valence-corrected chi connectivity index (χ1v) is 7.68. The lowest BCUT2D eigenvalue weighted by molar-refractivity contribution is 0.997. The van der Waals surface area contributed by atoms with Crippen molar-refractivity contribution in [1.82, 2.24) is 9.97 Å². The van der Waals surface area contributed by atoms with Gasteiger partial charge in [0.1, 0.15) is 10.2 Å². The summed E-state index contributed by atoms with van der Waals surface area (Å²) < 4.78 is 1.63. The summed E-state index contributed by atoms with van der Waals surface area (Å²) in [5.41, 5.74) is 1.13. The van der Waals surface area contributed by atoms with Gasteiger partial charge in [-0.3, -0.25) is 0 Å². The summed E-state index contributed by atoms with van der Waals surface area (Å²) in [6.45, 7) is 0. The number of halogens is 2. The molecule has 1 aliphatic carbocycles. The molecular formula is C12H11BrClN3S. The van der Waals surface area contributed by atoms with E-state index in [1.807, 2.05) is 19.2 Å². The first-order valence-electron chi connectivity index (χ1n) is 5.69. The average Bonchev–Trinajstić information content (AvgIpc) is 3.16. The van der Waals surface area contributed by atoms with Crippen LogP contribution in [0.15, 0.2) is 16.6 Å². The lowest BCUT2D eigenvalue weighted by atomic mass is 10.2. The maximum Gasteiger partial charge on any atom is 0.171 e. The zero-order valence-electron chi connectivity index (χ0n) is 9.70. The van der Waals surface area contributed by atoms with E-state index in [0.29, 0.717) is 5.92 Å². The van der Waals surface area contributed by atoms with E-state index in [1.165, 1.54) is 24.2 Å². The molecule has 2 aromatic rings. The van der Waals surface area contributed by atoms with Crippen molar-refractivity contribution in [3.05, 3.63) is 26.6 Å². The first kappa shape index (κ1) is 12.4. The Bertz CT molecular complexity index is 576. The van der Waals surface area contributed by atoms with Gasteiger partial charge in [-0.25, -0.2) is 9.97 Å². The summed E-state index contributed by atoms with van der Waals surface area (Å²) in [6, 6.07) is 4.00. The number of nitrogens with one attached hydrogen (secondary N) is 1. The van der Waals surface area contributed by atoms with Crippen LogP contribution in [-0.2, 0) is 0 Å². The van der Waals surface area contributed by atoms with Crippen molar-refractivity contribution in [2.24, 2.45) is 0 Å². The zero-order valence-corrected chi connectivity index (χ0v) is 12.9. The van der Waals surface area contributed by atoms with Crippen LogP contribution in [0.2, 0.25) is 4.34 Å². The second kappa shape index (κ2) is 4.79. The number of hydrogen-bond donors (Lipinski definition) is 1. The summed E-state index contributed by atoms with van der Waals surface area (Å²) in [7, 11) is 1.88. The Balaban J connectivity index is 2.07. The van der Waals surface area contributed by atoms with Crippen LogP contribution in [0.3, 0.4) is 0 Å². The monoisotopic (exact) mass is 343 g/mol. The number of anilines is 1. The molecular weight excluding hydrogens is 334 g/mol. The Morgan fingerprint density at radius 2 is 2.17 bits per heavy atom. The summed E-state index contributed by atoms with van der Waals surface area (Å²) in [6.07, 6.45) is 2.46. The van der Waals surface area contributed by atoms with E-state index in [2.05, 4.69) is 31.2 Å². The molecule has 3 rings (SSSR count). The van der Waals surface area contributed by atoms with Crippen molar-refractivity contribution in [2.75, 3.05) is 12.4 Å². The van der Waals surface area contributed by atoms with Gasteiger partial charge < -0.3 is 5.32 Å². The molecule has 0 aromatic carbocycles. The van der Waals surface area contributed by atoms with Crippen molar-refractivity contribution in [2.45, 2.75) is 18.8 Å². The molecule has 0 amide bonds.